The second kappa shape index (κ2) is 8.59. The van der Waals surface area contributed by atoms with Crippen LogP contribution in [0.3, 0.4) is 0 Å². The summed E-state index contributed by atoms with van der Waals surface area (Å²) in [6.45, 7) is 4.16. The van der Waals surface area contributed by atoms with Crippen molar-refractivity contribution >= 4 is 32.7 Å². The zero-order valence-corrected chi connectivity index (χ0v) is 19.1. The molecule has 0 bridgehead atoms. The summed E-state index contributed by atoms with van der Waals surface area (Å²) < 4.78 is 40.0. The van der Waals surface area contributed by atoms with Gasteiger partial charge in [0.1, 0.15) is 5.75 Å². The molecule has 33 heavy (non-hydrogen) atoms. The number of oxazole rings is 1. The molecule has 1 amide bonds. The number of ether oxygens (including phenoxy) is 1. The highest BCUT2D eigenvalue weighted by molar-refractivity contribution is 7.93. The molecule has 1 heterocycles. The van der Waals surface area contributed by atoms with E-state index in [1.54, 1.807) is 36.4 Å². The predicted molar refractivity (Wildman–Crippen MR) is 124 cm³/mol. The monoisotopic (exact) mass is 466 g/mol. The highest BCUT2D eigenvalue weighted by atomic mass is 32.2. The molecule has 0 saturated heterocycles. The van der Waals surface area contributed by atoms with Crippen molar-refractivity contribution in [2.45, 2.75) is 18.7 Å². The quantitative estimate of drug-likeness (QED) is 0.428. The number of aromatic nitrogens is 1. The molecule has 0 N–H and O–H groups in total. The molecule has 4 rings (SSSR count). The van der Waals surface area contributed by atoms with E-state index >= 15 is 0 Å². The summed E-state index contributed by atoms with van der Waals surface area (Å²) in [5.74, 6) is -0.777. The molecule has 4 aromatic rings. The Balaban J connectivity index is 1.86. The molecule has 0 radical (unpaired) electrons. The van der Waals surface area contributed by atoms with Gasteiger partial charge in [-0.05, 0) is 62.4 Å². The number of anilines is 1. The highest BCUT2D eigenvalue weighted by Gasteiger charge is 2.32. The normalized spacial score (nSPS) is 11.5. The minimum Gasteiger partial charge on any atom is -0.494 e. The van der Waals surface area contributed by atoms with Crippen LogP contribution in [0.15, 0.2) is 80.8 Å². The molecule has 0 spiro atoms. The van der Waals surface area contributed by atoms with Crippen molar-refractivity contribution in [1.82, 2.24) is 4.57 Å². The molecule has 3 aromatic carbocycles. The largest absolute Gasteiger partial charge is 0.494 e. The maximum Gasteiger partial charge on any atom is 0.419 e. The third kappa shape index (κ3) is 4.14. The van der Waals surface area contributed by atoms with Gasteiger partial charge >= 0.3 is 5.76 Å². The van der Waals surface area contributed by atoms with Crippen molar-refractivity contribution in [3.8, 4) is 5.75 Å². The van der Waals surface area contributed by atoms with Gasteiger partial charge in [0.05, 0.1) is 22.7 Å². The van der Waals surface area contributed by atoms with Crippen LogP contribution >= 0.6 is 0 Å². The molecule has 0 aliphatic rings. The van der Waals surface area contributed by atoms with Crippen molar-refractivity contribution in [2.75, 3.05) is 10.9 Å². The van der Waals surface area contributed by atoms with Gasteiger partial charge in [0.15, 0.2) is 5.58 Å². The van der Waals surface area contributed by atoms with E-state index in [1.165, 1.54) is 41.9 Å². The molecule has 0 fully saturated rings. The molecule has 1 aromatic heterocycles. The van der Waals surface area contributed by atoms with Gasteiger partial charge in [-0.15, -0.1) is 0 Å². The Morgan fingerprint density at radius 3 is 2.33 bits per heavy atom. The molecule has 0 unspecified atom stereocenters. The van der Waals surface area contributed by atoms with Gasteiger partial charge in [0, 0.05) is 18.7 Å². The van der Waals surface area contributed by atoms with Crippen LogP contribution < -0.4 is 14.8 Å². The predicted octanol–water partition coefficient (Wildman–Crippen LogP) is 3.87. The van der Waals surface area contributed by atoms with Crippen LogP contribution in [0.2, 0.25) is 0 Å². The smallest absolute Gasteiger partial charge is 0.419 e. The number of hydrogen-bond donors (Lipinski definition) is 0. The minimum absolute atomic E-state index is 0.109. The first kappa shape index (κ1) is 22.3. The van der Waals surface area contributed by atoms with Crippen LogP contribution in [0.5, 0.6) is 5.75 Å². The van der Waals surface area contributed by atoms with Gasteiger partial charge in [-0.3, -0.25) is 9.36 Å². The lowest BCUT2D eigenvalue weighted by atomic mass is 10.1. The molecule has 8 nitrogen and oxygen atoms in total. The van der Waals surface area contributed by atoms with Crippen molar-refractivity contribution in [3.63, 3.8) is 0 Å². The Hall–Kier alpha value is -3.85. The number of aryl methyl sites for hydroxylation is 2. The lowest BCUT2D eigenvalue weighted by Crippen LogP contribution is -2.37. The van der Waals surface area contributed by atoms with E-state index in [4.69, 9.17) is 9.15 Å². The average Bonchev–Trinajstić information content (AvgIpc) is 3.08. The molecule has 170 valence electrons. The van der Waals surface area contributed by atoms with Crippen molar-refractivity contribution in [2.24, 2.45) is 7.05 Å². The van der Waals surface area contributed by atoms with E-state index in [9.17, 15) is 18.0 Å². The number of carbonyl (C=O) groups is 1. The van der Waals surface area contributed by atoms with Gasteiger partial charge in [-0.1, -0.05) is 17.7 Å². The van der Waals surface area contributed by atoms with Crippen LogP contribution in [-0.4, -0.2) is 25.5 Å². The van der Waals surface area contributed by atoms with Crippen molar-refractivity contribution < 1.29 is 22.4 Å². The number of benzene rings is 3. The number of nitrogens with zero attached hydrogens (tertiary/aromatic N) is 2. The summed E-state index contributed by atoms with van der Waals surface area (Å²) in [6.07, 6.45) is 0. The summed E-state index contributed by atoms with van der Waals surface area (Å²) in [6, 6.07) is 16.9. The second-order valence-electron chi connectivity index (χ2n) is 7.42. The topological polar surface area (TPSA) is 98.8 Å². The fourth-order valence-corrected chi connectivity index (χ4v) is 4.83. The summed E-state index contributed by atoms with van der Waals surface area (Å²) >= 11 is 0. The van der Waals surface area contributed by atoms with E-state index in [2.05, 4.69) is 0 Å². The van der Waals surface area contributed by atoms with Gasteiger partial charge in [0.2, 0.25) is 0 Å². The number of hydrogen-bond acceptors (Lipinski definition) is 6. The van der Waals surface area contributed by atoms with Crippen LogP contribution in [0, 0.1) is 6.92 Å². The van der Waals surface area contributed by atoms with Gasteiger partial charge in [0.25, 0.3) is 15.9 Å². The summed E-state index contributed by atoms with van der Waals surface area (Å²) in [7, 11) is -2.84. The standard InChI is InChI=1S/C24H22N2O6S/c1-4-31-19-11-9-18(10-12-19)26(23(27)17-7-5-16(2)6-8-17)33(29,30)20-13-14-21-22(15-20)32-24(28)25(21)3/h5-15H,4H2,1-3H3. The van der Waals surface area contributed by atoms with Crippen LogP contribution in [0.4, 0.5) is 5.69 Å². The Bertz CT molecular complexity index is 1480. The number of fused-ring (bicyclic) bond motifs is 1. The Morgan fingerprint density at radius 2 is 1.70 bits per heavy atom. The lowest BCUT2D eigenvalue weighted by Gasteiger charge is -2.23. The molecule has 0 saturated carbocycles. The van der Waals surface area contributed by atoms with E-state index in [0.29, 0.717) is 17.9 Å². The third-order valence-electron chi connectivity index (χ3n) is 5.17. The summed E-state index contributed by atoms with van der Waals surface area (Å²) in [5, 5.41) is 0. The molecular formula is C24H22N2O6S. The fourth-order valence-electron chi connectivity index (χ4n) is 3.40. The number of amides is 1. The fraction of sp³-hybridized carbons (Fsp3) is 0.167. The number of sulfonamides is 1. The second-order valence-corrected chi connectivity index (χ2v) is 9.21. The van der Waals surface area contributed by atoms with Crippen LogP contribution in [-0.2, 0) is 17.1 Å². The molecule has 0 atom stereocenters. The van der Waals surface area contributed by atoms with Gasteiger partial charge < -0.3 is 9.15 Å². The van der Waals surface area contributed by atoms with Crippen molar-refractivity contribution in [3.05, 3.63) is 88.4 Å². The Morgan fingerprint density at radius 1 is 1.03 bits per heavy atom. The Labute approximate surface area is 190 Å². The SMILES string of the molecule is CCOc1ccc(N(C(=O)c2ccc(C)cc2)S(=O)(=O)c2ccc3c(c2)oc(=O)n3C)cc1. The number of carbonyl (C=O) groups excluding carboxylic acids is 1. The molecule has 9 heteroatoms. The van der Waals surface area contributed by atoms with Gasteiger partial charge in [-0.2, -0.15) is 4.31 Å². The third-order valence-corrected chi connectivity index (χ3v) is 6.87. The first-order valence-electron chi connectivity index (χ1n) is 10.2. The van der Waals surface area contributed by atoms with Crippen LogP contribution in [0.25, 0.3) is 11.1 Å². The maximum absolute atomic E-state index is 13.7. The molecular weight excluding hydrogens is 444 g/mol. The van der Waals surface area contributed by atoms with E-state index in [0.717, 1.165) is 9.87 Å². The van der Waals surface area contributed by atoms with E-state index < -0.39 is 21.7 Å². The first-order chi connectivity index (χ1) is 15.7. The average molecular weight is 467 g/mol. The lowest BCUT2D eigenvalue weighted by molar-refractivity contribution is 0.101. The van der Waals surface area contributed by atoms with Crippen molar-refractivity contribution in [1.29, 1.82) is 0 Å². The zero-order chi connectivity index (χ0) is 23.8. The first-order valence-corrected chi connectivity index (χ1v) is 11.6. The summed E-state index contributed by atoms with van der Waals surface area (Å²) in [4.78, 5) is 25.1. The molecule has 0 aliphatic carbocycles. The maximum atomic E-state index is 13.7. The number of rotatable bonds is 6. The van der Waals surface area contributed by atoms with Gasteiger partial charge in [-0.25, -0.2) is 13.2 Å². The zero-order valence-electron chi connectivity index (χ0n) is 18.3. The van der Waals surface area contributed by atoms with E-state index in [-0.39, 0.29) is 21.7 Å². The highest BCUT2D eigenvalue weighted by Crippen LogP contribution is 2.29. The Kier molecular flexibility index (Phi) is 5.82. The van der Waals surface area contributed by atoms with Crippen LogP contribution in [0.1, 0.15) is 22.8 Å². The minimum atomic E-state index is -4.36. The summed E-state index contributed by atoms with van der Waals surface area (Å²) in [5.41, 5.74) is 1.85. The molecule has 0 aliphatic heterocycles. The van der Waals surface area contributed by atoms with E-state index in [1.807, 2.05) is 13.8 Å².